The summed E-state index contributed by atoms with van der Waals surface area (Å²) in [7, 11) is -4.36. The topological polar surface area (TPSA) is 173 Å². The molecule has 1 aromatic carbocycles. The van der Waals surface area contributed by atoms with E-state index in [0.29, 0.717) is 11.2 Å². The molecule has 0 spiro atoms. The normalized spacial score (nSPS) is 26.2. The molecule has 15 heteroatoms. The molecular weight excluding hydrogens is 527 g/mol. The molecule has 0 amide bonds. The fourth-order valence-electron chi connectivity index (χ4n) is 3.67. The highest BCUT2D eigenvalue weighted by Gasteiger charge is 2.56. The number of nitrogen functional groups attached to an aromatic ring is 1. The van der Waals surface area contributed by atoms with Gasteiger partial charge in [-0.15, -0.1) is 11.6 Å². The number of ether oxygens (including phenoxy) is 2. The SMILES string of the molecule is CC(C)OC(=O)C(C)NP(=O)(Oc1ccccc1)O[C@H]1O[C@@H](n2cnc3c(N)ncnc32)[C@](C)(Cl)[C@@H]1O. The Kier molecular flexibility index (Phi) is 7.75. The van der Waals surface area contributed by atoms with E-state index >= 15 is 0 Å². The molecule has 1 aliphatic heterocycles. The van der Waals surface area contributed by atoms with Gasteiger partial charge in [-0.05, 0) is 39.8 Å². The van der Waals surface area contributed by atoms with Crippen molar-refractivity contribution in [2.24, 2.45) is 0 Å². The van der Waals surface area contributed by atoms with Crippen LogP contribution in [0.4, 0.5) is 5.82 Å². The number of hydrogen-bond donors (Lipinski definition) is 3. The third-order valence-corrected chi connectivity index (χ3v) is 7.54. The molecule has 4 rings (SSSR count). The van der Waals surface area contributed by atoms with Crippen LogP contribution in [0.2, 0.25) is 0 Å². The van der Waals surface area contributed by atoms with Gasteiger partial charge in [0.05, 0.1) is 12.4 Å². The fourth-order valence-corrected chi connectivity index (χ4v) is 5.50. The average Bonchev–Trinajstić information content (AvgIpc) is 3.34. The molecule has 13 nitrogen and oxygen atoms in total. The van der Waals surface area contributed by atoms with Gasteiger partial charge >= 0.3 is 13.7 Å². The minimum atomic E-state index is -4.36. The molecule has 1 fully saturated rings. The van der Waals surface area contributed by atoms with Crippen LogP contribution in [-0.4, -0.2) is 60.0 Å². The Morgan fingerprint density at radius 1 is 1.27 bits per heavy atom. The van der Waals surface area contributed by atoms with Crippen LogP contribution >= 0.6 is 19.3 Å². The number of fused-ring (bicyclic) bond motifs is 1. The van der Waals surface area contributed by atoms with Gasteiger partial charge in [0.1, 0.15) is 34.6 Å². The smallest absolute Gasteiger partial charge is 0.461 e. The summed E-state index contributed by atoms with van der Waals surface area (Å²) in [6, 6.07) is 7.09. The van der Waals surface area contributed by atoms with Crippen molar-refractivity contribution in [3.05, 3.63) is 43.0 Å². The van der Waals surface area contributed by atoms with Crippen LogP contribution in [0.15, 0.2) is 43.0 Å². The summed E-state index contributed by atoms with van der Waals surface area (Å²) in [4.78, 5) is 23.2. The molecule has 0 bridgehead atoms. The van der Waals surface area contributed by atoms with Crippen LogP contribution in [0.5, 0.6) is 5.75 Å². The lowest BCUT2D eigenvalue weighted by Gasteiger charge is -2.27. The van der Waals surface area contributed by atoms with Crippen molar-refractivity contribution in [1.29, 1.82) is 0 Å². The van der Waals surface area contributed by atoms with E-state index in [2.05, 4.69) is 20.0 Å². The molecule has 3 aromatic rings. The van der Waals surface area contributed by atoms with E-state index in [1.165, 1.54) is 31.1 Å². The van der Waals surface area contributed by atoms with Crippen LogP contribution in [0, 0.1) is 0 Å². The number of nitrogens with zero attached hydrogens (tertiary/aromatic N) is 4. The molecule has 1 saturated heterocycles. The summed E-state index contributed by atoms with van der Waals surface area (Å²) < 4.78 is 37.8. The number of halogens is 1. The van der Waals surface area contributed by atoms with E-state index < -0.39 is 49.4 Å². The molecule has 4 N–H and O–H groups in total. The second-order valence-corrected chi connectivity index (χ2v) is 11.3. The Bertz CT molecular complexity index is 1310. The van der Waals surface area contributed by atoms with Crippen molar-refractivity contribution in [2.45, 2.75) is 63.3 Å². The van der Waals surface area contributed by atoms with Crippen molar-refractivity contribution in [3.63, 3.8) is 0 Å². The van der Waals surface area contributed by atoms with Gasteiger partial charge < -0.3 is 24.8 Å². The number of alkyl halides is 1. The number of carbonyl (C=O) groups excluding carboxylic acids is 1. The lowest BCUT2D eigenvalue weighted by molar-refractivity contribution is -0.149. The van der Waals surface area contributed by atoms with Crippen LogP contribution in [0.3, 0.4) is 0 Å². The zero-order chi connectivity index (χ0) is 27.0. The number of hydrogen-bond acceptors (Lipinski definition) is 11. The monoisotopic (exact) mass is 554 g/mol. The molecule has 2 aromatic heterocycles. The van der Waals surface area contributed by atoms with Crippen LogP contribution < -0.4 is 15.3 Å². The number of imidazole rings is 1. The summed E-state index contributed by atoms with van der Waals surface area (Å²) in [6.07, 6.45) is -1.86. The predicted molar refractivity (Wildman–Crippen MR) is 133 cm³/mol. The van der Waals surface area contributed by atoms with E-state index in [1.54, 1.807) is 44.2 Å². The lowest BCUT2D eigenvalue weighted by Crippen LogP contribution is -2.41. The Morgan fingerprint density at radius 2 is 1.97 bits per heavy atom. The number of para-hydroxylation sites is 1. The number of carbonyl (C=O) groups is 1. The maximum atomic E-state index is 13.9. The maximum Gasteiger partial charge on any atom is 0.461 e. The van der Waals surface area contributed by atoms with Gasteiger partial charge in [-0.3, -0.25) is 13.9 Å². The van der Waals surface area contributed by atoms with Gasteiger partial charge in [0.15, 0.2) is 24.0 Å². The molecule has 0 aliphatic carbocycles. The van der Waals surface area contributed by atoms with E-state index in [1.807, 2.05) is 0 Å². The third-order valence-electron chi connectivity index (χ3n) is 5.49. The second-order valence-electron chi connectivity index (χ2n) is 8.88. The number of esters is 1. The van der Waals surface area contributed by atoms with Crippen molar-refractivity contribution in [1.82, 2.24) is 24.6 Å². The minimum absolute atomic E-state index is 0.151. The molecular formula is C22H28ClN6O7P. The van der Waals surface area contributed by atoms with Gasteiger partial charge in [0.25, 0.3) is 0 Å². The molecule has 200 valence electrons. The highest BCUT2D eigenvalue weighted by molar-refractivity contribution is 7.52. The first-order valence-corrected chi connectivity index (χ1v) is 13.3. The molecule has 6 atom stereocenters. The molecule has 3 heterocycles. The number of benzene rings is 1. The zero-order valence-electron chi connectivity index (χ0n) is 20.5. The zero-order valence-corrected chi connectivity index (χ0v) is 22.2. The van der Waals surface area contributed by atoms with Gasteiger partial charge in [0, 0.05) is 0 Å². The standard InChI is InChI=1S/C22H28ClN6O7P/c1-12(2)33-19(31)13(3)28-37(32,35-14-8-6-5-7-9-14)36-20-16(30)22(4,23)21(34-20)29-11-27-15-17(24)25-10-26-18(15)29/h5-13,16,20-21,30H,1-4H3,(H,28,32)(H2,24,25,26)/t13?,16-,20-,21-,22-,37?/m1/s1. The minimum Gasteiger partial charge on any atom is -0.462 e. The number of rotatable bonds is 9. The molecule has 0 radical (unpaired) electrons. The van der Waals surface area contributed by atoms with Gasteiger partial charge in [-0.2, -0.15) is 5.09 Å². The first kappa shape index (κ1) is 27.2. The predicted octanol–water partition coefficient (Wildman–Crippen LogP) is 2.76. The summed E-state index contributed by atoms with van der Waals surface area (Å²) in [5.41, 5.74) is 6.50. The summed E-state index contributed by atoms with van der Waals surface area (Å²) in [6.45, 7) is 6.33. The highest BCUT2D eigenvalue weighted by Crippen LogP contribution is 2.52. The third kappa shape index (κ3) is 5.71. The van der Waals surface area contributed by atoms with E-state index in [9.17, 15) is 14.5 Å². The van der Waals surface area contributed by atoms with Crippen LogP contribution in [0.25, 0.3) is 11.2 Å². The van der Waals surface area contributed by atoms with Crippen LogP contribution in [-0.2, 0) is 23.4 Å². The Morgan fingerprint density at radius 3 is 2.65 bits per heavy atom. The fraction of sp³-hybridized carbons (Fsp3) is 0.455. The van der Waals surface area contributed by atoms with Crippen molar-refractivity contribution < 1.29 is 33.0 Å². The second kappa shape index (κ2) is 10.5. The maximum absolute atomic E-state index is 13.9. The summed E-state index contributed by atoms with van der Waals surface area (Å²) in [5.74, 6) is -0.336. The van der Waals surface area contributed by atoms with Crippen molar-refractivity contribution in [2.75, 3.05) is 5.73 Å². The van der Waals surface area contributed by atoms with E-state index in [4.69, 9.17) is 35.9 Å². The molecule has 37 heavy (non-hydrogen) atoms. The van der Waals surface area contributed by atoms with Crippen LogP contribution in [0.1, 0.15) is 33.9 Å². The summed E-state index contributed by atoms with van der Waals surface area (Å²) in [5, 5.41) is 13.6. The van der Waals surface area contributed by atoms with E-state index in [-0.39, 0.29) is 11.6 Å². The largest absolute Gasteiger partial charge is 0.462 e. The number of aromatic nitrogens is 4. The summed E-state index contributed by atoms with van der Waals surface area (Å²) >= 11 is 6.71. The number of aliphatic hydroxyl groups excluding tert-OH is 1. The lowest BCUT2D eigenvalue weighted by atomic mass is 10.0. The Balaban J connectivity index is 1.62. The van der Waals surface area contributed by atoms with Crippen molar-refractivity contribution >= 4 is 42.3 Å². The quantitative estimate of drug-likeness (QED) is 0.201. The number of anilines is 1. The molecule has 1 aliphatic rings. The first-order valence-electron chi connectivity index (χ1n) is 11.4. The molecule has 0 saturated carbocycles. The Labute approximate surface area is 217 Å². The van der Waals surface area contributed by atoms with Crippen molar-refractivity contribution in [3.8, 4) is 5.75 Å². The first-order chi connectivity index (χ1) is 17.4. The van der Waals surface area contributed by atoms with E-state index in [0.717, 1.165) is 0 Å². The number of aliphatic hydroxyl groups is 1. The van der Waals surface area contributed by atoms with Gasteiger partial charge in [-0.25, -0.2) is 19.5 Å². The number of nitrogens with one attached hydrogen (secondary N) is 1. The molecule has 2 unspecified atom stereocenters. The van der Waals surface area contributed by atoms with Gasteiger partial charge in [0.2, 0.25) is 0 Å². The Hall–Kier alpha value is -2.80. The number of nitrogens with two attached hydrogens (primary N) is 1. The average molecular weight is 555 g/mol. The van der Waals surface area contributed by atoms with Gasteiger partial charge in [-0.1, -0.05) is 18.2 Å². The highest BCUT2D eigenvalue weighted by atomic mass is 35.5.